The van der Waals surface area contributed by atoms with Crippen LogP contribution < -0.4 is 11.0 Å². The number of imidazole rings is 1. The van der Waals surface area contributed by atoms with Crippen molar-refractivity contribution < 1.29 is 18.0 Å². The van der Waals surface area contributed by atoms with Crippen LogP contribution in [0.25, 0.3) is 5.65 Å². The van der Waals surface area contributed by atoms with Gasteiger partial charge in [0.05, 0.1) is 5.56 Å². The minimum absolute atomic E-state index is 0.0460. The molecule has 130 valence electrons. The van der Waals surface area contributed by atoms with Gasteiger partial charge in [-0.15, -0.1) is 5.10 Å². The van der Waals surface area contributed by atoms with E-state index in [2.05, 4.69) is 20.6 Å². The SMILES string of the molecule is Cc1cc(NC(=O)c2ncn3c(=O)n(C)nnc23)cc(C(F)(F)F)c1. The smallest absolute Gasteiger partial charge is 0.321 e. The topological polar surface area (TPSA) is 94.2 Å². The Morgan fingerprint density at radius 3 is 2.64 bits per heavy atom. The number of benzene rings is 1. The van der Waals surface area contributed by atoms with Crippen LogP contribution in [-0.4, -0.2) is 30.3 Å². The Kier molecular flexibility index (Phi) is 3.78. The van der Waals surface area contributed by atoms with E-state index in [1.165, 1.54) is 20.0 Å². The molecule has 0 aliphatic heterocycles. The molecule has 0 unspecified atom stereocenters. The number of alkyl halides is 3. The lowest BCUT2D eigenvalue weighted by atomic mass is 10.1. The minimum atomic E-state index is -4.54. The van der Waals surface area contributed by atoms with Crippen molar-refractivity contribution in [3.05, 3.63) is 51.8 Å². The first-order valence-corrected chi connectivity index (χ1v) is 6.94. The van der Waals surface area contributed by atoms with Crippen molar-refractivity contribution in [2.45, 2.75) is 13.1 Å². The molecule has 11 heteroatoms. The molecule has 0 fully saturated rings. The standard InChI is InChI=1S/C14H11F3N6O2/c1-7-3-8(14(15,16)17)5-9(4-7)19-12(24)10-11-20-21-22(2)13(25)23(11)6-18-10/h3-6H,1-2H3,(H,19,24). The number of anilines is 1. The summed E-state index contributed by atoms with van der Waals surface area (Å²) in [5, 5.41) is 9.60. The Morgan fingerprint density at radius 2 is 1.96 bits per heavy atom. The summed E-state index contributed by atoms with van der Waals surface area (Å²) in [5.74, 6) is -0.802. The van der Waals surface area contributed by atoms with Gasteiger partial charge in [0, 0.05) is 12.7 Å². The molecule has 1 amide bonds. The lowest BCUT2D eigenvalue weighted by molar-refractivity contribution is -0.137. The zero-order chi connectivity index (χ0) is 18.4. The molecule has 0 saturated carbocycles. The number of aryl methyl sites for hydroxylation is 2. The highest BCUT2D eigenvalue weighted by molar-refractivity contribution is 6.06. The van der Waals surface area contributed by atoms with E-state index in [0.29, 0.717) is 5.56 Å². The number of hydrogen-bond donors (Lipinski definition) is 1. The van der Waals surface area contributed by atoms with E-state index in [9.17, 15) is 22.8 Å². The zero-order valence-electron chi connectivity index (χ0n) is 13.0. The minimum Gasteiger partial charge on any atom is -0.321 e. The molecule has 0 radical (unpaired) electrons. The Hall–Kier alpha value is -3.24. The molecule has 1 N–H and O–H groups in total. The lowest BCUT2D eigenvalue weighted by Crippen LogP contribution is -2.27. The van der Waals surface area contributed by atoms with Gasteiger partial charge in [0.15, 0.2) is 11.3 Å². The quantitative estimate of drug-likeness (QED) is 0.752. The second kappa shape index (κ2) is 5.69. The van der Waals surface area contributed by atoms with Gasteiger partial charge in [-0.1, -0.05) is 5.21 Å². The van der Waals surface area contributed by atoms with E-state index >= 15 is 0 Å². The van der Waals surface area contributed by atoms with Crippen molar-refractivity contribution in [3.8, 4) is 0 Å². The van der Waals surface area contributed by atoms with Gasteiger partial charge in [0.2, 0.25) is 0 Å². The molecule has 0 atom stereocenters. The Morgan fingerprint density at radius 1 is 1.24 bits per heavy atom. The molecule has 3 rings (SSSR count). The van der Waals surface area contributed by atoms with Gasteiger partial charge in [-0.3, -0.25) is 4.79 Å². The fourth-order valence-corrected chi connectivity index (χ4v) is 2.25. The fourth-order valence-electron chi connectivity index (χ4n) is 2.25. The predicted octanol–water partition coefficient (Wildman–Crippen LogP) is 1.40. The van der Waals surface area contributed by atoms with E-state index in [1.807, 2.05) is 0 Å². The summed E-state index contributed by atoms with van der Waals surface area (Å²) >= 11 is 0. The second-order valence-corrected chi connectivity index (χ2v) is 5.32. The van der Waals surface area contributed by atoms with Crippen LogP contribution in [0.5, 0.6) is 0 Å². The van der Waals surface area contributed by atoms with Gasteiger partial charge in [-0.2, -0.15) is 17.9 Å². The number of aromatic nitrogens is 5. The van der Waals surface area contributed by atoms with Crippen LogP contribution in [-0.2, 0) is 13.2 Å². The first-order chi connectivity index (χ1) is 11.7. The number of hydrogen-bond acceptors (Lipinski definition) is 5. The number of halogens is 3. The third-order valence-electron chi connectivity index (χ3n) is 3.38. The maximum absolute atomic E-state index is 12.9. The van der Waals surface area contributed by atoms with E-state index in [1.54, 1.807) is 0 Å². The third kappa shape index (κ3) is 3.07. The molecule has 1 aromatic carbocycles. The van der Waals surface area contributed by atoms with E-state index in [0.717, 1.165) is 27.5 Å². The van der Waals surface area contributed by atoms with Gasteiger partial charge in [0.1, 0.15) is 6.33 Å². The van der Waals surface area contributed by atoms with Crippen molar-refractivity contribution in [1.29, 1.82) is 0 Å². The number of rotatable bonds is 2. The summed E-state index contributed by atoms with van der Waals surface area (Å²) in [4.78, 5) is 28.0. The number of carbonyl (C=O) groups excluding carboxylic acids is 1. The van der Waals surface area contributed by atoms with Gasteiger partial charge >= 0.3 is 11.9 Å². The van der Waals surface area contributed by atoms with Crippen LogP contribution in [0.15, 0.2) is 29.3 Å². The van der Waals surface area contributed by atoms with Gasteiger partial charge in [-0.25, -0.2) is 14.2 Å². The van der Waals surface area contributed by atoms with Crippen molar-refractivity contribution in [2.24, 2.45) is 7.05 Å². The van der Waals surface area contributed by atoms with Crippen LogP contribution in [0.2, 0.25) is 0 Å². The average Bonchev–Trinajstić information content (AvgIpc) is 2.94. The molecule has 0 spiro atoms. The second-order valence-electron chi connectivity index (χ2n) is 5.32. The molecule has 0 bridgehead atoms. The number of nitrogens with zero attached hydrogens (tertiary/aromatic N) is 5. The van der Waals surface area contributed by atoms with E-state index < -0.39 is 23.3 Å². The van der Waals surface area contributed by atoms with Crippen LogP contribution in [0.3, 0.4) is 0 Å². The summed E-state index contributed by atoms with van der Waals surface area (Å²) in [7, 11) is 1.37. The Balaban J connectivity index is 1.97. The Bertz CT molecular complexity index is 1040. The lowest BCUT2D eigenvalue weighted by Gasteiger charge is -2.11. The highest BCUT2D eigenvalue weighted by atomic mass is 19.4. The first-order valence-electron chi connectivity index (χ1n) is 6.94. The molecule has 2 heterocycles. The van der Waals surface area contributed by atoms with E-state index in [4.69, 9.17) is 0 Å². The molecule has 25 heavy (non-hydrogen) atoms. The van der Waals surface area contributed by atoms with Crippen LogP contribution >= 0.6 is 0 Å². The first kappa shape index (κ1) is 16.6. The van der Waals surface area contributed by atoms with Gasteiger partial charge < -0.3 is 5.32 Å². The van der Waals surface area contributed by atoms with Crippen molar-refractivity contribution in [2.75, 3.05) is 5.32 Å². The maximum atomic E-state index is 12.9. The van der Waals surface area contributed by atoms with Gasteiger partial charge in [0.25, 0.3) is 5.91 Å². The number of amides is 1. The molecule has 0 aliphatic rings. The average molecular weight is 352 g/mol. The summed E-state index contributed by atoms with van der Waals surface area (Å²) in [6.07, 6.45) is -3.44. The largest absolute Gasteiger partial charge is 0.416 e. The van der Waals surface area contributed by atoms with Crippen LogP contribution in [0.4, 0.5) is 18.9 Å². The molecular formula is C14H11F3N6O2. The van der Waals surface area contributed by atoms with E-state index in [-0.39, 0.29) is 17.0 Å². The molecule has 8 nitrogen and oxygen atoms in total. The van der Waals surface area contributed by atoms with Crippen LogP contribution in [0.1, 0.15) is 21.6 Å². The summed E-state index contributed by atoms with van der Waals surface area (Å²) in [5.41, 5.74) is -1.48. The third-order valence-corrected chi connectivity index (χ3v) is 3.38. The van der Waals surface area contributed by atoms with Crippen molar-refractivity contribution in [3.63, 3.8) is 0 Å². The summed E-state index contributed by atoms with van der Waals surface area (Å²) < 4.78 is 40.6. The molecule has 3 aromatic rings. The zero-order valence-corrected chi connectivity index (χ0v) is 13.0. The highest BCUT2D eigenvalue weighted by Crippen LogP contribution is 2.32. The summed E-state index contributed by atoms with van der Waals surface area (Å²) in [6.45, 7) is 1.48. The fraction of sp³-hybridized carbons (Fsp3) is 0.214. The summed E-state index contributed by atoms with van der Waals surface area (Å²) in [6, 6.07) is 3.17. The monoisotopic (exact) mass is 352 g/mol. The number of fused-ring (bicyclic) bond motifs is 1. The Labute approximate surface area is 137 Å². The van der Waals surface area contributed by atoms with Gasteiger partial charge in [-0.05, 0) is 30.7 Å². The van der Waals surface area contributed by atoms with Crippen LogP contribution in [0, 0.1) is 6.92 Å². The normalized spacial score (nSPS) is 11.7. The molecule has 0 saturated heterocycles. The molecule has 2 aromatic heterocycles. The van der Waals surface area contributed by atoms with Crippen molar-refractivity contribution in [1.82, 2.24) is 24.4 Å². The van der Waals surface area contributed by atoms with Crippen molar-refractivity contribution >= 4 is 17.2 Å². The molecule has 0 aliphatic carbocycles. The maximum Gasteiger partial charge on any atom is 0.416 e. The number of nitrogens with one attached hydrogen (secondary N) is 1. The number of carbonyl (C=O) groups is 1. The molecular weight excluding hydrogens is 341 g/mol. The predicted molar refractivity (Wildman–Crippen MR) is 80.2 cm³/mol. The highest BCUT2D eigenvalue weighted by Gasteiger charge is 2.31.